The van der Waals surface area contributed by atoms with E-state index in [-0.39, 0.29) is 50.6 Å². The summed E-state index contributed by atoms with van der Waals surface area (Å²) in [6, 6.07) is 11.4. The largest absolute Gasteiger partial charge is 0.459 e. The molecule has 0 aromatic heterocycles. The van der Waals surface area contributed by atoms with E-state index in [0.717, 1.165) is 73.1 Å². The summed E-state index contributed by atoms with van der Waals surface area (Å²) in [4.78, 5) is 21.4. The van der Waals surface area contributed by atoms with Gasteiger partial charge in [-0.15, -0.1) is 6.58 Å². The number of rotatable bonds is 17. The normalized spacial score (nSPS) is 27.6. The van der Waals surface area contributed by atoms with Gasteiger partial charge in [0.15, 0.2) is 0 Å². The fraction of sp³-hybridized carbons (Fsp3) is 0.591. The smallest absolute Gasteiger partial charge is 0.409 e. The van der Waals surface area contributed by atoms with Crippen molar-refractivity contribution < 1.29 is 43.5 Å². The van der Waals surface area contributed by atoms with Crippen LogP contribution in [0.25, 0.3) is 0 Å². The third kappa shape index (κ3) is 8.90. The number of hydrogen-bond acceptors (Lipinski definition) is 10. The van der Waals surface area contributed by atoms with Gasteiger partial charge >= 0.3 is 6.09 Å². The summed E-state index contributed by atoms with van der Waals surface area (Å²) in [7, 11) is 1.73. The predicted octanol–water partition coefficient (Wildman–Crippen LogP) is 8.34. The first-order valence-electron chi connectivity index (χ1n) is 20.2. The fourth-order valence-corrected chi connectivity index (χ4v) is 8.97. The summed E-state index contributed by atoms with van der Waals surface area (Å²) in [5.74, 6) is 0.384. The van der Waals surface area contributed by atoms with Gasteiger partial charge in [0.05, 0.1) is 31.5 Å². The highest BCUT2D eigenvalue weighted by Crippen LogP contribution is 2.62. The molecule has 2 aliphatic carbocycles. The highest BCUT2D eigenvalue weighted by atomic mass is 16.8. The number of hydrogen-bond donors (Lipinski definition) is 2. The molecule has 2 aromatic rings. The number of ether oxygens (including phenoxy) is 5. The van der Waals surface area contributed by atoms with Crippen molar-refractivity contribution in [3.05, 3.63) is 77.4 Å². The zero-order valence-corrected chi connectivity index (χ0v) is 33.0. The van der Waals surface area contributed by atoms with Crippen molar-refractivity contribution in [3.63, 3.8) is 0 Å². The molecule has 0 bridgehead atoms. The lowest BCUT2D eigenvalue weighted by Crippen LogP contribution is -2.69. The van der Waals surface area contributed by atoms with Gasteiger partial charge in [-0.25, -0.2) is 4.79 Å². The van der Waals surface area contributed by atoms with Crippen molar-refractivity contribution in [1.82, 2.24) is 4.90 Å². The van der Waals surface area contributed by atoms with Crippen LogP contribution in [0.15, 0.2) is 65.9 Å². The summed E-state index contributed by atoms with van der Waals surface area (Å²) >= 11 is 0. The van der Waals surface area contributed by atoms with Gasteiger partial charge in [0.25, 0.3) is 0 Å². The Balaban J connectivity index is 1.55. The number of carbonyl (C=O) groups is 1. The third-order valence-corrected chi connectivity index (χ3v) is 11.8. The predicted molar refractivity (Wildman–Crippen MR) is 210 cm³/mol. The molecule has 4 aliphatic rings. The Morgan fingerprint density at radius 3 is 2.51 bits per heavy atom. The van der Waals surface area contributed by atoms with Crippen LogP contribution in [0.4, 0.5) is 4.79 Å². The second-order valence-electron chi connectivity index (χ2n) is 15.3. The molecule has 1 amide bonds. The van der Waals surface area contributed by atoms with Crippen molar-refractivity contribution >= 4 is 11.8 Å². The van der Waals surface area contributed by atoms with E-state index in [1.54, 1.807) is 24.9 Å². The Bertz CT molecular complexity index is 1690. The first-order chi connectivity index (χ1) is 26.7. The molecule has 0 radical (unpaired) electrons. The minimum absolute atomic E-state index is 0.0979. The van der Waals surface area contributed by atoms with Gasteiger partial charge in [-0.2, -0.15) is 0 Å². The van der Waals surface area contributed by atoms with Gasteiger partial charge in [-0.1, -0.05) is 36.2 Å². The Labute approximate surface area is 326 Å². The second kappa shape index (κ2) is 18.8. The van der Waals surface area contributed by atoms with Crippen LogP contribution in [0.3, 0.4) is 0 Å². The number of allylic oxidation sites excluding steroid dienone is 1. The number of benzene rings is 2. The third-order valence-electron chi connectivity index (χ3n) is 11.8. The molecule has 1 unspecified atom stereocenters. The molecule has 300 valence electrons. The lowest BCUT2D eigenvalue weighted by Gasteiger charge is -2.59. The molecule has 2 aromatic carbocycles. The fourth-order valence-electron chi connectivity index (χ4n) is 8.97. The van der Waals surface area contributed by atoms with Crippen LogP contribution in [0, 0.1) is 31.6 Å². The Kier molecular flexibility index (Phi) is 13.9. The van der Waals surface area contributed by atoms with Crippen LogP contribution in [-0.4, -0.2) is 85.1 Å². The number of fused-ring (bicyclic) bond motifs is 2. The molecular weight excluding hydrogens is 700 g/mol. The lowest BCUT2D eigenvalue weighted by molar-refractivity contribution is -0.254. The molecule has 11 nitrogen and oxygen atoms in total. The number of aliphatic hydroxyl groups is 2. The first-order valence-corrected chi connectivity index (χ1v) is 20.2. The zero-order chi connectivity index (χ0) is 39.0. The van der Waals surface area contributed by atoms with Gasteiger partial charge in [0.1, 0.15) is 23.3 Å². The van der Waals surface area contributed by atoms with Crippen molar-refractivity contribution in [1.29, 1.82) is 0 Å². The van der Waals surface area contributed by atoms with E-state index in [2.05, 4.69) is 38.6 Å². The number of amides is 1. The van der Waals surface area contributed by atoms with E-state index < -0.39 is 30.1 Å². The molecule has 0 spiro atoms. The van der Waals surface area contributed by atoms with Gasteiger partial charge in [0, 0.05) is 44.6 Å². The van der Waals surface area contributed by atoms with Crippen LogP contribution in [-0.2, 0) is 19.0 Å². The highest BCUT2D eigenvalue weighted by molar-refractivity contribution is 6.02. The molecule has 55 heavy (non-hydrogen) atoms. The standard InChI is InChI=1S/C44H60N2O9/c1-6-23-52-44-39(46(5)43(49)50-7-2)28-37(45-55-40-16-10-13-24-51-40)35-26-31(14-8-11-21-47)34(15-9-12-22-48)41(42(35)44)36-27-33(19-20-38(36)54-44)53-32-18-17-29(3)30(4)25-32/h6,17-20,25-27,31,34,39-42,47-48H,1,7-16,21-24,28H2,2-5H3/t31-,34+,39-,40?,41+,42+,44+/m0/s1. The van der Waals surface area contributed by atoms with Crippen LogP contribution < -0.4 is 9.47 Å². The van der Waals surface area contributed by atoms with E-state index in [1.165, 1.54) is 5.56 Å². The van der Waals surface area contributed by atoms with Gasteiger partial charge < -0.3 is 43.6 Å². The SMILES string of the molecule is C=CCO[C@@]12Oc3ccc(Oc4ccc(C)c(C)c4)cc3[C@H]3[C@H](CCCCO)[C@@H](CCCCO)C=C(C(=NOC4CCCCO4)C[C@@H]1N(C)C(=O)OCC)[C@H]32. The quantitative estimate of drug-likeness (QED) is 0.0929. The maximum Gasteiger partial charge on any atom is 0.409 e. The molecule has 1 saturated heterocycles. The number of nitrogens with zero attached hydrogens (tertiary/aromatic N) is 2. The summed E-state index contributed by atoms with van der Waals surface area (Å²) in [5.41, 5.74) is 5.02. The van der Waals surface area contributed by atoms with Crippen LogP contribution in [0.2, 0.25) is 0 Å². The average Bonchev–Trinajstić information content (AvgIpc) is 3.19. The van der Waals surface area contributed by atoms with E-state index in [9.17, 15) is 15.0 Å². The summed E-state index contributed by atoms with van der Waals surface area (Å²) in [6.45, 7) is 11.2. The number of oxime groups is 1. The van der Waals surface area contributed by atoms with Crippen LogP contribution >= 0.6 is 0 Å². The molecule has 11 heteroatoms. The van der Waals surface area contributed by atoms with Gasteiger partial charge in [-0.3, -0.25) is 0 Å². The highest BCUT2D eigenvalue weighted by Gasteiger charge is 2.65. The van der Waals surface area contributed by atoms with E-state index >= 15 is 0 Å². The van der Waals surface area contributed by atoms with E-state index in [1.807, 2.05) is 24.3 Å². The second-order valence-corrected chi connectivity index (χ2v) is 15.3. The molecule has 2 fully saturated rings. The van der Waals surface area contributed by atoms with E-state index in [4.69, 9.17) is 33.7 Å². The minimum atomic E-state index is -1.35. The maximum atomic E-state index is 13.6. The summed E-state index contributed by atoms with van der Waals surface area (Å²) in [6.07, 6.45) is 10.9. The van der Waals surface area contributed by atoms with Crippen molar-refractivity contribution in [2.75, 3.05) is 40.1 Å². The monoisotopic (exact) mass is 760 g/mol. The van der Waals surface area contributed by atoms with Crippen molar-refractivity contribution in [2.24, 2.45) is 22.9 Å². The molecule has 7 atom stereocenters. The summed E-state index contributed by atoms with van der Waals surface area (Å²) < 4.78 is 32.2. The maximum absolute atomic E-state index is 13.6. The Hall–Kier alpha value is -3.90. The van der Waals surface area contributed by atoms with Crippen molar-refractivity contribution in [2.45, 2.75) is 109 Å². The van der Waals surface area contributed by atoms with Gasteiger partial charge in [-0.05, 0) is 118 Å². The number of likely N-dealkylation sites (N-methyl/N-ethyl adjacent to an activating group) is 1. The molecule has 1 saturated carbocycles. The molecule has 6 rings (SSSR count). The van der Waals surface area contributed by atoms with Crippen LogP contribution in [0.5, 0.6) is 17.2 Å². The van der Waals surface area contributed by atoms with Gasteiger partial charge in [0.2, 0.25) is 12.1 Å². The zero-order valence-electron chi connectivity index (χ0n) is 33.0. The number of aliphatic hydroxyl groups excluding tert-OH is 2. The summed E-state index contributed by atoms with van der Waals surface area (Å²) in [5, 5.41) is 24.6. The van der Waals surface area contributed by atoms with Crippen molar-refractivity contribution in [3.8, 4) is 17.2 Å². The average molecular weight is 761 g/mol. The topological polar surface area (TPSA) is 129 Å². The molecule has 2 heterocycles. The number of unbranched alkanes of at least 4 members (excludes halogenated alkanes) is 2. The first kappa shape index (κ1) is 40.8. The molecule has 2 N–H and O–H groups in total. The Morgan fingerprint density at radius 2 is 1.80 bits per heavy atom. The Morgan fingerprint density at radius 1 is 1.04 bits per heavy atom. The van der Waals surface area contributed by atoms with E-state index in [0.29, 0.717) is 30.9 Å². The number of aryl methyl sites for hydroxylation is 2. The molecule has 2 aliphatic heterocycles. The minimum Gasteiger partial charge on any atom is -0.459 e. The molecular formula is C44H60N2O9. The lowest BCUT2D eigenvalue weighted by atomic mass is 9.55. The number of carbonyl (C=O) groups excluding carboxylic acids is 1. The van der Waals surface area contributed by atoms with Crippen LogP contribution in [0.1, 0.15) is 93.7 Å².